The summed E-state index contributed by atoms with van der Waals surface area (Å²) in [6.45, 7) is 0.607. The average Bonchev–Trinajstić information content (AvgIpc) is 3.10. The Labute approximate surface area is 125 Å². The van der Waals surface area contributed by atoms with Crippen LogP contribution in [0, 0.1) is 0 Å². The van der Waals surface area contributed by atoms with Crippen LogP contribution in [0.1, 0.15) is 43.0 Å². The van der Waals surface area contributed by atoms with Crippen LogP contribution in [0.5, 0.6) is 0 Å². The molecular formula is C17H23N3O. The van der Waals surface area contributed by atoms with Crippen molar-refractivity contribution in [2.75, 3.05) is 12.8 Å². The highest BCUT2D eigenvalue weighted by Crippen LogP contribution is 2.36. The maximum Gasteiger partial charge on any atom is 0.131 e. The highest BCUT2D eigenvalue weighted by Gasteiger charge is 2.24. The number of benzene rings is 1. The van der Waals surface area contributed by atoms with Crippen molar-refractivity contribution >= 4 is 5.82 Å². The maximum atomic E-state index is 6.30. The van der Waals surface area contributed by atoms with Gasteiger partial charge in [-0.15, -0.1) is 0 Å². The van der Waals surface area contributed by atoms with E-state index in [0.29, 0.717) is 12.5 Å². The van der Waals surface area contributed by atoms with Crippen molar-refractivity contribution in [3.05, 3.63) is 35.7 Å². The number of aromatic nitrogens is 2. The highest BCUT2D eigenvalue weighted by atomic mass is 16.5. The fourth-order valence-electron chi connectivity index (χ4n) is 3.27. The van der Waals surface area contributed by atoms with Gasteiger partial charge >= 0.3 is 0 Å². The third-order valence-electron chi connectivity index (χ3n) is 4.41. The van der Waals surface area contributed by atoms with Crippen LogP contribution in [0.3, 0.4) is 0 Å². The first-order valence-electron chi connectivity index (χ1n) is 7.61. The summed E-state index contributed by atoms with van der Waals surface area (Å²) in [6.07, 6.45) is 5.06. The number of nitrogens with two attached hydrogens (primary N) is 1. The first-order chi connectivity index (χ1) is 10.2. The van der Waals surface area contributed by atoms with Gasteiger partial charge in [0.25, 0.3) is 0 Å². The second kappa shape index (κ2) is 5.90. The Morgan fingerprint density at radius 3 is 2.81 bits per heavy atom. The smallest absolute Gasteiger partial charge is 0.131 e. The topological polar surface area (TPSA) is 53.1 Å². The number of anilines is 1. The van der Waals surface area contributed by atoms with Gasteiger partial charge in [0.15, 0.2) is 0 Å². The van der Waals surface area contributed by atoms with E-state index in [1.165, 1.54) is 25.7 Å². The SMILES string of the molecule is COCc1cccc(-c2nc(C3CCCC3)n(C)c2N)c1. The molecule has 1 saturated carbocycles. The van der Waals surface area contributed by atoms with Gasteiger partial charge in [-0.05, 0) is 24.5 Å². The lowest BCUT2D eigenvalue weighted by Crippen LogP contribution is -2.05. The molecule has 0 bridgehead atoms. The summed E-state index contributed by atoms with van der Waals surface area (Å²) in [5, 5.41) is 0. The van der Waals surface area contributed by atoms with E-state index in [0.717, 1.165) is 28.5 Å². The molecule has 3 rings (SSSR count). The van der Waals surface area contributed by atoms with E-state index < -0.39 is 0 Å². The predicted octanol–water partition coefficient (Wildman–Crippen LogP) is 3.47. The zero-order valence-electron chi connectivity index (χ0n) is 12.8. The normalized spacial score (nSPS) is 15.7. The van der Waals surface area contributed by atoms with E-state index in [1.54, 1.807) is 7.11 Å². The fraction of sp³-hybridized carbons (Fsp3) is 0.471. The minimum absolute atomic E-state index is 0.563. The number of nitrogen functional groups attached to an aromatic ring is 1. The van der Waals surface area contributed by atoms with Crippen LogP contribution in [0.4, 0.5) is 5.82 Å². The molecule has 0 amide bonds. The van der Waals surface area contributed by atoms with Crippen LogP contribution in [0.2, 0.25) is 0 Å². The quantitative estimate of drug-likeness (QED) is 0.935. The molecule has 1 heterocycles. The molecule has 21 heavy (non-hydrogen) atoms. The van der Waals surface area contributed by atoms with Crippen molar-refractivity contribution in [2.24, 2.45) is 7.05 Å². The summed E-state index contributed by atoms with van der Waals surface area (Å²) in [4.78, 5) is 4.86. The summed E-state index contributed by atoms with van der Waals surface area (Å²) in [5.74, 6) is 2.46. The monoisotopic (exact) mass is 285 g/mol. The van der Waals surface area contributed by atoms with Crippen LogP contribution in [-0.4, -0.2) is 16.7 Å². The van der Waals surface area contributed by atoms with Gasteiger partial charge < -0.3 is 15.0 Å². The summed E-state index contributed by atoms with van der Waals surface area (Å²) in [5.41, 5.74) is 9.41. The number of rotatable bonds is 4. The van der Waals surface area contributed by atoms with Gasteiger partial charge in [-0.3, -0.25) is 0 Å². The van der Waals surface area contributed by atoms with Crippen LogP contribution in [-0.2, 0) is 18.4 Å². The van der Waals surface area contributed by atoms with Crippen molar-refractivity contribution in [1.82, 2.24) is 9.55 Å². The summed E-state index contributed by atoms with van der Waals surface area (Å²) in [6, 6.07) is 8.27. The van der Waals surface area contributed by atoms with E-state index in [2.05, 4.69) is 22.8 Å². The molecule has 4 nitrogen and oxygen atoms in total. The maximum absolute atomic E-state index is 6.30. The third-order valence-corrected chi connectivity index (χ3v) is 4.41. The summed E-state index contributed by atoms with van der Waals surface area (Å²) in [7, 11) is 3.73. The van der Waals surface area contributed by atoms with Gasteiger partial charge in [-0.25, -0.2) is 4.98 Å². The molecular weight excluding hydrogens is 262 g/mol. The first kappa shape index (κ1) is 14.1. The lowest BCUT2D eigenvalue weighted by Gasteiger charge is -2.08. The molecule has 1 aromatic carbocycles. The zero-order valence-corrected chi connectivity index (χ0v) is 12.8. The molecule has 1 fully saturated rings. The van der Waals surface area contributed by atoms with Gasteiger partial charge in [0, 0.05) is 25.6 Å². The largest absolute Gasteiger partial charge is 0.383 e. The highest BCUT2D eigenvalue weighted by molar-refractivity contribution is 5.71. The molecule has 1 aliphatic carbocycles. The van der Waals surface area contributed by atoms with E-state index in [9.17, 15) is 0 Å². The Bertz CT molecular complexity index is 627. The molecule has 0 aliphatic heterocycles. The Morgan fingerprint density at radius 2 is 2.10 bits per heavy atom. The van der Waals surface area contributed by atoms with Crippen molar-refractivity contribution in [1.29, 1.82) is 0 Å². The van der Waals surface area contributed by atoms with Gasteiger partial charge in [-0.1, -0.05) is 31.0 Å². The molecule has 2 N–H and O–H groups in total. The molecule has 0 unspecified atom stereocenters. The molecule has 2 aromatic rings. The van der Waals surface area contributed by atoms with E-state index in [-0.39, 0.29) is 0 Å². The number of methoxy groups -OCH3 is 1. The predicted molar refractivity (Wildman–Crippen MR) is 85.0 cm³/mol. The van der Waals surface area contributed by atoms with Gasteiger partial charge in [-0.2, -0.15) is 0 Å². The fourth-order valence-corrected chi connectivity index (χ4v) is 3.27. The second-order valence-corrected chi connectivity index (χ2v) is 5.88. The van der Waals surface area contributed by atoms with Crippen LogP contribution < -0.4 is 5.73 Å². The molecule has 0 radical (unpaired) electrons. The van der Waals surface area contributed by atoms with E-state index in [4.69, 9.17) is 15.5 Å². The molecule has 0 spiro atoms. The molecule has 0 atom stereocenters. The summed E-state index contributed by atoms with van der Waals surface area (Å²) >= 11 is 0. The lowest BCUT2D eigenvalue weighted by molar-refractivity contribution is 0.185. The standard InChI is InChI=1S/C17H23N3O/c1-20-16(18)15(19-17(20)13-7-3-4-8-13)14-9-5-6-12(10-14)11-21-2/h5-6,9-10,13H,3-4,7-8,11,18H2,1-2H3. The first-order valence-corrected chi connectivity index (χ1v) is 7.61. The van der Waals surface area contributed by atoms with Crippen LogP contribution >= 0.6 is 0 Å². The minimum Gasteiger partial charge on any atom is -0.383 e. The number of ether oxygens (including phenoxy) is 1. The van der Waals surface area contributed by atoms with Crippen molar-refractivity contribution in [3.8, 4) is 11.3 Å². The third kappa shape index (κ3) is 2.68. The molecule has 112 valence electrons. The average molecular weight is 285 g/mol. The molecule has 4 heteroatoms. The second-order valence-electron chi connectivity index (χ2n) is 5.88. The molecule has 1 aromatic heterocycles. The lowest BCUT2D eigenvalue weighted by atomic mass is 10.1. The van der Waals surface area contributed by atoms with Gasteiger partial charge in [0.2, 0.25) is 0 Å². The number of nitrogens with zero attached hydrogens (tertiary/aromatic N) is 2. The van der Waals surface area contributed by atoms with Crippen LogP contribution in [0.25, 0.3) is 11.3 Å². The van der Waals surface area contributed by atoms with Crippen molar-refractivity contribution in [2.45, 2.75) is 38.2 Å². The Hall–Kier alpha value is -1.81. The molecule has 1 aliphatic rings. The molecule has 0 saturated heterocycles. The van der Waals surface area contributed by atoms with Crippen LogP contribution in [0.15, 0.2) is 24.3 Å². The van der Waals surface area contributed by atoms with Gasteiger partial charge in [0.05, 0.1) is 6.61 Å². The number of hydrogen-bond acceptors (Lipinski definition) is 3. The Balaban J connectivity index is 1.98. The van der Waals surface area contributed by atoms with Crippen molar-refractivity contribution in [3.63, 3.8) is 0 Å². The number of imidazole rings is 1. The van der Waals surface area contributed by atoms with E-state index in [1.807, 2.05) is 13.1 Å². The minimum atomic E-state index is 0.563. The van der Waals surface area contributed by atoms with E-state index >= 15 is 0 Å². The summed E-state index contributed by atoms with van der Waals surface area (Å²) < 4.78 is 7.27. The number of hydrogen-bond donors (Lipinski definition) is 1. The van der Waals surface area contributed by atoms with Gasteiger partial charge in [0.1, 0.15) is 17.3 Å². The zero-order chi connectivity index (χ0) is 14.8. The van der Waals surface area contributed by atoms with Crippen molar-refractivity contribution < 1.29 is 4.74 Å². The Kier molecular flexibility index (Phi) is 3.97. The Morgan fingerprint density at radius 1 is 1.33 bits per heavy atom.